The van der Waals surface area contributed by atoms with E-state index in [1.807, 2.05) is 0 Å². The van der Waals surface area contributed by atoms with Crippen LogP contribution in [0, 0.1) is 23.7 Å². The number of benzene rings is 2. The zero-order valence-electron chi connectivity index (χ0n) is 55.6. The predicted molar refractivity (Wildman–Crippen MR) is 350 cm³/mol. The minimum absolute atomic E-state index is 0.0302. The number of rotatable bonds is 40. The summed E-state index contributed by atoms with van der Waals surface area (Å²) in [6, 6.07) is -0.991. The van der Waals surface area contributed by atoms with Crippen molar-refractivity contribution >= 4 is 88.7 Å². The normalized spacial score (nSPS) is 16.7. The Morgan fingerprint density at radius 2 is 1.12 bits per heavy atom. The minimum Gasteiger partial charge on any atom is -0.508 e. The lowest BCUT2D eigenvalue weighted by atomic mass is 9.97. The van der Waals surface area contributed by atoms with Crippen LogP contribution in [0.5, 0.6) is 5.75 Å². The number of aliphatic hydroxyl groups is 2. The quantitative estimate of drug-likeness (QED) is 0.0359. The molecule has 1 saturated heterocycles. The molecule has 1 aliphatic rings. The maximum Gasteiger partial charge on any atom is 0.326 e. The van der Waals surface area contributed by atoms with Crippen molar-refractivity contribution in [1.82, 2.24) is 58.1 Å². The van der Waals surface area contributed by atoms with E-state index in [0.29, 0.717) is 24.2 Å². The standard InChI is InChI=1S/C64H98N12O18S/c1-11-36(8)52(64(93)94)74-58(87)44(28-33(2)3)69-57(86)45(30-39-19-21-40(79)22-20-39)70-55(84)42(23-24-49(81)82)68-59(88)46(32-77)71-62(91)50(34(4)5)72-60(89)47-18-15-26-76(47)63(92)51(35(6)7)73-56(85)43(25-27-95-10)67-48(80)31-66-61(90)53(37(9)78)75-54(83)41(65)29-38-16-13-12-14-17-38/h12-14,16-17,19-22,33-37,41-47,50-53,77-79H,11,15,18,23-32,65H2,1-10H3,(H,66,90)(H,67,80)(H,68,88)(H,69,86)(H,70,84)(H,71,91)(H,72,89)(H,73,85)(H,74,87)(H,75,83)(H,81,82)(H,93,94)/t36-,37+,41-,42-,43-,44-,45-,46-,47-,50-,51-,52-,53-/m0/s1. The molecule has 2 aromatic carbocycles. The molecule has 2 aromatic rings. The summed E-state index contributed by atoms with van der Waals surface area (Å²) in [5.74, 6) is -14.1. The number of carbonyl (C=O) groups is 13. The third-order valence-electron chi connectivity index (χ3n) is 15.9. The summed E-state index contributed by atoms with van der Waals surface area (Å²) >= 11 is 1.36. The summed E-state index contributed by atoms with van der Waals surface area (Å²) in [7, 11) is 0. The van der Waals surface area contributed by atoms with Crippen LogP contribution in [-0.2, 0) is 75.2 Å². The Morgan fingerprint density at radius 3 is 1.67 bits per heavy atom. The van der Waals surface area contributed by atoms with E-state index in [9.17, 15) is 87.9 Å². The fraction of sp³-hybridized carbons (Fsp3) is 0.609. The maximum absolute atomic E-state index is 14.5. The molecule has 0 spiro atoms. The first-order valence-electron chi connectivity index (χ1n) is 31.8. The Bertz CT molecular complexity index is 2940. The minimum atomic E-state index is -1.84. The number of thioether (sulfide) groups is 1. The fourth-order valence-corrected chi connectivity index (χ4v) is 10.7. The van der Waals surface area contributed by atoms with Crippen LogP contribution in [0.1, 0.15) is 118 Å². The van der Waals surface area contributed by atoms with Gasteiger partial charge in [0, 0.05) is 19.4 Å². The summed E-state index contributed by atoms with van der Waals surface area (Å²) in [6.07, 6.45) is -0.106. The number of carboxylic acid groups (broad SMARTS) is 2. The number of nitrogens with two attached hydrogens (primary N) is 1. The van der Waals surface area contributed by atoms with Crippen molar-refractivity contribution in [3.8, 4) is 5.75 Å². The molecule has 0 aromatic heterocycles. The Labute approximate surface area is 557 Å². The second-order valence-corrected chi connectivity index (χ2v) is 25.8. The van der Waals surface area contributed by atoms with Gasteiger partial charge in [0.15, 0.2) is 0 Å². The molecule has 0 unspecified atom stereocenters. The summed E-state index contributed by atoms with van der Waals surface area (Å²) in [6.45, 7) is 12.9. The van der Waals surface area contributed by atoms with Crippen LogP contribution >= 0.6 is 11.8 Å². The van der Waals surface area contributed by atoms with Crippen molar-refractivity contribution in [2.75, 3.05) is 31.7 Å². The molecule has 13 atom stereocenters. The number of phenolic OH excluding ortho intramolecular Hbond substituents is 1. The number of carbonyl (C=O) groups excluding carboxylic acids is 11. The third-order valence-corrected chi connectivity index (χ3v) is 16.6. The van der Waals surface area contributed by atoms with Gasteiger partial charge in [-0.05, 0) is 104 Å². The molecule has 0 radical (unpaired) electrons. The van der Waals surface area contributed by atoms with Gasteiger partial charge in [0.05, 0.1) is 25.3 Å². The first-order chi connectivity index (χ1) is 44.7. The van der Waals surface area contributed by atoms with Crippen molar-refractivity contribution in [3.63, 3.8) is 0 Å². The summed E-state index contributed by atoms with van der Waals surface area (Å²) in [5, 5.41) is 75.4. The van der Waals surface area contributed by atoms with Crippen LogP contribution in [0.25, 0.3) is 0 Å². The summed E-state index contributed by atoms with van der Waals surface area (Å²) in [5.41, 5.74) is 7.23. The number of phenols is 1. The zero-order valence-corrected chi connectivity index (χ0v) is 56.4. The highest BCUT2D eigenvalue weighted by Crippen LogP contribution is 2.22. The van der Waals surface area contributed by atoms with Gasteiger partial charge in [-0.1, -0.05) is 104 Å². The molecular weight excluding hydrogens is 1260 g/mol. The van der Waals surface area contributed by atoms with Crippen LogP contribution in [-0.4, -0.2) is 212 Å². The van der Waals surface area contributed by atoms with Crippen molar-refractivity contribution in [2.24, 2.45) is 29.4 Å². The average Bonchev–Trinajstić information content (AvgIpc) is 1.77. The second-order valence-electron chi connectivity index (χ2n) is 24.9. The van der Waals surface area contributed by atoms with Gasteiger partial charge in [0.2, 0.25) is 65.0 Å². The number of aliphatic hydroxyl groups excluding tert-OH is 2. The highest BCUT2D eigenvalue weighted by Gasteiger charge is 2.42. The van der Waals surface area contributed by atoms with E-state index in [0.717, 1.165) is 5.56 Å². The monoisotopic (exact) mass is 1350 g/mol. The second kappa shape index (κ2) is 40.1. The molecule has 11 amide bonds. The number of likely N-dealkylation sites (tertiary alicyclic amines) is 1. The molecule has 3 rings (SSSR count). The predicted octanol–water partition coefficient (Wildman–Crippen LogP) is -1.55. The number of hydrogen-bond acceptors (Lipinski definition) is 18. The lowest BCUT2D eigenvalue weighted by molar-refractivity contribution is -0.144. The zero-order chi connectivity index (χ0) is 71.4. The van der Waals surface area contributed by atoms with Gasteiger partial charge in [-0.2, -0.15) is 11.8 Å². The van der Waals surface area contributed by atoms with Gasteiger partial charge in [-0.3, -0.25) is 57.5 Å². The summed E-state index contributed by atoms with van der Waals surface area (Å²) < 4.78 is 0. The third kappa shape index (κ3) is 26.7. The highest BCUT2D eigenvalue weighted by atomic mass is 32.2. The molecule has 0 bridgehead atoms. The molecule has 1 aliphatic heterocycles. The number of nitrogens with zero attached hydrogens (tertiary/aromatic N) is 1. The molecule has 1 fully saturated rings. The van der Waals surface area contributed by atoms with Crippen molar-refractivity contribution in [3.05, 3.63) is 65.7 Å². The van der Waals surface area contributed by atoms with E-state index in [4.69, 9.17) is 5.73 Å². The number of nitrogens with one attached hydrogen (secondary N) is 10. The lowest BCUT2D eigenvalue weighted by Crippen LogP contribution is -2.62. The molecule has 0 saturated carbocycles. The first kappa shape index (κ1) is 80.8. The van der Waals surface area contributed by atoms with Gasteiger partial charge in [0.1, 0.15) is 66.2 Å². The van der Waals surface area contributed by atoms with Gasteiger partial charge >= 0.3 is 11.9 Å². The lowest BCUT2D eigenvalue weighted by Gasteiger charge is -2.32. The highest BCUT2D eigenvalue weighted by molar-refractivity contribution is 7.98. The number of carboxylic acids is 2. The number of amides is 11. The number of aliphatic carboxylic acids is 2. The van der Waals surface area contributed by atoms with Crippen LogP contribution < -0.4 is 58.9 Å². The Balaban J connectivity index is 1.77. The average molecular weight is 1360 g/mol. The largest absolute Gasteiger partial charge is 0.508 e. The van der Waals surface area contributed by atoms with Crippen molar-refractivity contribution in [1.29, 1.82) is 0 Å². The van der Waals surface area contributed by atoms with Crippen LogP contribution in [0.2, 0.25) is 0 Å². The van der Waals surface area contributed by atoms with Crippen LogP contribution in [0.15, 0.2) is 54.6 Å². The number of hydrogen-bond donors (Lipinski definition) is 16. The van der Waals surface area contributed by atoms with E-state index >= 15 is 0 Å². The smallest absolute Gasteiger partial charge is 0.326 e. The van der Waals surface area contributed by atoms with E-state index < -0.39 is 193 Å². The summed E-state index contributed by atoms with van der Waals surface area (Å²) in [4.78, 5) is 178. The van der Waals surface area contributed by atoms with E-state index in [2.05, 4.69) is 53.2 Å². The Kier molecular flexibility index (Phi) is 34.1. The molecule has 95 heavy (non-hydrogen) atoms. The SMILES string of the molecule is CC[C@H](C)[C@H](NC(=O)[C@H](CC(C)C)NC(=O)[C@H](Cc1ccc(O)cc1)NC(=O)[C@H](CCC(=O)O)NC(=O)[C@H](CO)NC(=O)[C@@H](NC(=O)[C@@H]1CCCN1C(=O)[C@@H](NC(=O)[C@H](CCSC)NC(=O)CNC(=O)[C@@H](NC(=O)[C@@H](N)Cc1ccccc1)[C@@H](C)O)C(C)C)C(C)C)C(=O)O. The van der Waals surface area contributed by atoms with Crippen LogP contribution in [0.3, 0.4) is 0 Å². The van der Waals surface area contributed by atoms with E-state index in [-0.39, 0.29) is 50.3 Å². The van der Waals surface area contributed by atoms with Gasteiger partial charge in [-0.15, -0.1) is 0 Å². The molecule has 31 heteroatoms. The van der Waals surface area contributed by atoms with Gasteiger partial charge in [-0.25, -0.2) is 4.79 Å². The number of aromatic hydroxyl groups is 1. The van der Waals surface area contributed by atoms with Crippen molar-refractivity contribution < 1.29 is 87.9 Å². The van der Waals surface area contributed by atoms with Gasteiger partial charge in [0.25, 0.3) is 0 Å². The molecule has 1 heterocycles. The molecule has 30 nitrogen and oxygen atoms in total. The van der Waals surface area contributed by atoms with Gasteiger partial charge < -0.3 is 89.3 Å². The topological polar surface area (TPSA) is 473 Å². The fourth-order valence-electron chi connectivity index (χ4n) is 10.2. The Hall–Kier alpha value is -8.42. The van der Waals surface area contributed by atoms with E-state index in [1.165, 1.54) is 47.9 Å². The van der Waals surface area contributed by atoms with Crippen molar-refractivity contribution in [2.45, 2.75) is 193 Å². The van der Waals surface area contributed by atoms with E-state index in [1.54, 1.807) is 92.0 Å². The molecular formula is C64H98N12O18S. The first-order valence-corrected chi connectivity index (χ1v) is 33.2. The van der Waals surface area contributed by atoms with Crippen LogP contribution in [0.4, 0.5) is 0 Å². The Morgan fingerprint density at radius 1 is 0.589 bits per heavy atom. The molecule has 528 valence electrons. The molecule has 0 aliphatic carbocycles. The molecule has 17 N–H and O–H groups in total. The maximum atomic E-state index is 14.5.